The molecule has 3 aliphatic carbocycles. The van der Waals surface area contributed by atoms with Crippen molar-refractivity contribution in [3.8, 4) is 0 Å². The van der Waals surface area contributed by atoms with E-state index in [0.717, 1.165) is 42.1 Å². The molecule has 148 valence electrons. The van der Waals surface area contributed by atoms with E-state index in [1.807, 2.05) is 0 Å². The van der Waals surface area contributed by atoms with Crippen LogP contribution in [-0.4, -0.2) is 18.0 Å². The molecule has 2 nitrogen and oxygen atoms in total. The second kappa shape index (κ2) is 7.84. The van der Waals surface area contributed by atoms with E-state index < -0.39 is 0 Å². The molecule has 0 spiro atoms. The predicted molar refractivity (Wildman–Crippen MR) is 109 cm³/mol. The molecule has 0 aromatic carbocycles. The van der Waals surface area contributed by atoms with Gasteiger partial charge in [-0.3, -0.25) is 0 Å². The van der Waals surface area contributed by atoms with E-state index >= 15 is 0 Å². The van der Waals surface area contributed by atoms with Gasteiger partial charge in [-0.2, -0.15) is 0 Å². The maximum absolute atomic E-state index is 5.94. The summed E-state index contributed by atoms with van der Waals surface area (Å²) in [7, 11) is 0. The van der Waals surface area contributed by atoms with Gasteiger partial charge in [0.25, 0.3) is 0 Å². The van der Waals surface area contributed by atoms with Crippen LogP contribution in [0, 0.1) is 35.5 Å². The monoisotopic (exact) mass is 359 g/mol. The summed E-state index contributed by atoms with van der Waals surface area (Å²) in [4.78, 5) is 4.85. The van der Waals surface area contributed by atoms with E-state index in [9.17, 15) is 0 Å². The molecule has 1 heterocycles. The molecule has 3 fully saturated rings. The molecule has 4 unspecified atom stereocenters. The van der Waals surface area contributed by atoms with Gasteiger partial charge in [-0.25, -0.2) is 4.99 Å². The second-order valence-electron chi connectivity index (χ2n) is 10.7. The number of aliphatic imine (C=N–C) groups is 1. The fraction of sp³-hybridized carbons (Fsp3) is 0.958. The van der Waals surface area contributed by atoms with E-state index in [-0.39, 0.29) is 5.54 Å². The Morgan fingerprint density at radius 3 is 2.12 bits per heavy atom. The van der Waals surface area contributed by atoms with Crippen molar-refractivity contribution in [1.82, 2.24) is 0 Å². The fourth-order valence-corrected chi connectivity index (χ4v) is 6.78. The summed E-state index contributed by atoms with van der Waals surface area (Å²) < 4.78 is 5.94. The molecule has 2 heteroatoms. The van der Waals surface area contributed by atoms with Crippen LogP contribution < -0.4 is 0 Å². The normalized spacial score (nSPS) is 42.7. The molecule has 4 aliphatic rings. The topological polar surface area (TPSA) is 21.6 Å². The smallest absolute Gasteiger partial charge is 0.187 e. The third-order valence-corrected chi connectivity index (χ3v) is 8.23. The lowest BCUT2D eigenvalue weighted by atomic mass is 9.60. The Morgan fingerprint density at radius 1 is 0.846 bits per heavy atom. The maximum atomic E-state index is 5.94. The third kappa shape index (κ3) is 4.14. The molecule has 0 amide bonds. The molecule has 0 saturated heterocycles. The van der Waals surface area contributed by atoms with Gasteiger partial charge in [-0.15, -0.1) is 0 Å². The van der Waals surface area contributed by atoms with E-state index in [4.69, 9.17) is 9.73 Å². The van der Waals surface area contributed by atoms with Crippen LogP contribution in [0.15, 0.2) is 4.99 Å². The fourth-order valence-electron chi connectivity index (χ4n) is 6.78. The number of nitrogens with zero attached hydrogens (tertiary/aromatic N) is 1. The van der Waals surface area contributed by atoms with Crippen LogP contribution in [0.1, 0.15) is 97.8 Å². The molecule has 0 aromatic rings. The Balaban J connectivity index is 1.26. The number of hydrogen-bond acceptors (Lipinski definition) is 2. The first-order valence-corrected chi connectivity index (χ1v) is 11.8. The lowest BCUT2D eigenvalue weighted by Gasteiger charge is -2.45. The van der Waals surface area contributed by atoms with Crippen LogP contribution in [0.2, 0.25) is 0 Å². The lowest BCUT2D eigenvalue weighted by Crippen LogP contribution is -2.35. The first-order chi connectivity index (χ1) is 12.5. The quantitative estimate of drug-likeness (QED) is 0.552. The Bertz CT molecular complexity index is 502. The van der Waals surface area contributed by atoms with Crippen molar-refractivity contribution < 1.29 is 4.74 Å². The standard InChI is InChI=1S/C24H41NO/c1-4-5-17-6-7-22-15-21(13-12-20(22)14-17)18-8-10-19(11-9-18)23-25-24(2,3)16-26-23/h17-22H,4-16H2,1-3H3. The SMILES string of the molecule is CCCC1CCC2CC(C3CCC(C4=NC(C)(C)CO4)CC3)CCC2C1. The van der Waals surface area contributed by atoms with E-state index in [0.29, 0.717) is 5.92 Å². The van der Waals surface area contributed by atoms with Crippen LogP contribution in [0.3, 0.4) is 0 Å². The molecule has 4 rings (SSSR count). The highest BCUT2D eigenvalue weighted by molar-refractivity contribution is 5.80. The molecule has 0 bridgehead atoms. The summed E-state index contributed by atoms with van der Waals surface area (Å²) in [5.41, 5.74) is 0.0151. The van der Waals surface area contributed by atoms with Crippen LogP contribution >= 0.6 is 0 Å². The molecule has 26 heavy (non-hydrogen) atoms. The molecule has 3 saturated carbocycles. The zero-order valence-corrected chi connectivity index (χ0v) is 17.5. The van der Waals surface area contributed by atoms with Crippen molar-refractivity contribution in [3.63, 3.8) is 0 Å². The summed E-state index contributed by atoms with van der Waals surface area (Å²) in [5.74, 6) is 6.95. The summed E-state index contributed by atoms with van der Waals surface area (Å²) >= 11 is 0. The first-order valence-electron chi connectivity index (χ1n) is 11.8. The minimum atomic E-state index is 0.0151. The van der Waals surface area contributed by atoms with Gasteiger partial charge in [0.2, 0.25) is 0 Å². The summed E-state index contributed by atoms with van der Waals surface area (Å²) in [6.07, 6.45) is 17.6. The number of ether oxygens (including phenoxy) is 1. The number of rotatable bonds is 4. The summed E-state index contributed by atoms with van der Waals surface area (Å²) in [5, 5.41) is 0. The van der Waals surface area contributed by atoms with Crippen LogP contribution in [0.25, 0.3) is 0 Å². The van der Waals surface area contributed by atoms with Crippen LogP contribution in [-0.2, 0) is 4.74 Å². The number of hydrogen-bond donors (Lipinski definition) is 0. The highest BCUT2D eigenvalue weighted by atomic mass is 16.5. The zero-order chi connectivity index (χ0) is 18.1. The van der Waals surface area contributed by atoms with E-state index in [2.05, 4.69) is 20.8 Å². The van der Waals surface area contributed by atoms with Crippen molar-refractivity contribution in [2.75, 3.05) is 6.61 Å². The molecular weight excluding hydrogens is 318 g/mol. The average Bonchev–Trinajstić information content (AvgIpc) is 3.01. The Labute approximate surface area is 161 Å². The van der Waals surface area contributed by atoms with Crippen molar-refractivity contribution in [2.24, 2.45) is 40.5 Å². The van der Waals surface area contributed by atoms with Gasteiger partial charge < -0.3 is 4.74 Å². The maximum Gasteiger partial charge on any atom is 0.187 e. The van der Waals surface area contributed by atoms with Crippen molar-refractivity contribution >= 4 is 5.90 Å². The first kappa shape index (κ1) is 18.8. The highest BCUT2D eigenvalue weighted by Gasteiger charge is 2.40. The van der Waals surface area contributed by atoms with Crippen molar-refractivity contribution in [1.29, 1.82) is 0 Å². The van der Waals surface area contributed by atoms with Crippen molar-refractivity contribution in [2.45, 2.75) is 103 Å². The van der Waals surface area contributed by atoms with Gasteiger partial charge in [0, 0.05) is 5.92 Å². The van der Waals surface area contributed by atoms with Crippen LogP contribution in [0.4, 0.5) is 0 Å². The molecule has 0 N–H and O–H groups in total. The van der Waals surface area contributed by atoms with Gasteiger partial charge in [-0.05, 0) is 101 Å². The Hall–Kier alpha value is -0.530. The Kier molecular flexibility index (Phi) is 5.67. The minimum absolute atomic E-state index is 0.0151. The van der Waals surface area contributed by atoms with E-state index in [1.165, 1.54) is 51.4 Å². The van der Waals surface area contributed by atoms with Crippen LogP contribution in [0.5, 0.6) is 0 Å². The minimum Gasteiger partial charge on any atom is -0.478 e. The summed E-state index contributed by atoms with van der Waals surface area (Å²) in [6, 6.07) is 0. The Morgan fingerprint density at radius 2 is 1.46 bits per heavy atom. The van der Waals surface area contributed by atoms with Gasteiger partial charge in [0.1, 0.15) is 6.61 Å². The highest BCUT2D eigenvalue weighted by Crippen LogP contribution is 2.49. The molecule has 0 aromatic heterocycles. The van der Waals surface area contributed by atoms with Gasteiger partial charge in [-0.1, -0.05) is 26.2 Å². The predicted octanol–water partition coefficient (Wildman–Crippen LogP) is 6.63. The van der Waals surface area contributed by atoms with Gasteiger partial charge in [0.05, 0.1) is 5.54 Å². The molecular formula is C24H41NO. The van der Waals surface area contributed by atoms with E-state index in [1.54, 1.807) is 25.7 Å². The van der Waals surface area contributed by atoms with Gasteiger partial charge in [0.15, 0.2) is 5.90 Å². The zero-order valence-electron chi connectivity index (χ0n) is 17.5. The summed E-state index contributed by atoms with van der Waals surface area (Å²) in [6.45, 7) is 7.54. The molecule has 0 radical (unpaired) electrons. The number of fused-ring (bicyclic) bond motifs is 1. The largest absolute Gasteiger partial charge is 0.478 e. The second-order valence-corrected chi connectivity index (χ2v) is 10.7. The van der Waals surface area contributed by atoms with Gasteiger partial charge >= 0.3 is 0 Å². The van der Waals surface area contributed by atoms with Crippen molar-refractivity contribution in [3.05, 3.63) is 0 Å². The average molecular weight is 360 g/mol. The lowest BCUT2D eigenvalue weighted by molar-refractivity contribution is 0.0605. The molecule has 4 atom stereocenters. The molecule has 1 aliphatic heterocycles. The third-order valence-electron chi connectivity index (χ3n) is 8.23.